The van der Waals surface area contributed by atoms with E-state index in [2.05, 4.69) is 25.3 Å². The first-order valence-electron chi connectivity index (χ1n) is 5.59. The van der Waals surface area contributed by atoms with Gasteiger partial charge in [0.1, 0.15) is 16.7 Å². The molecule has 5 nitrogen and oxygen atoms in total. The monoisotopic (exact) mass is 247 g/mol. The maximum absolute atomic E-state index is 4.57. The molecule has 3 rings (SSSR count). The van der Waals surface area contributed by atoms with Crippen molar-refractivity contribution in [3.8, 4) is 0 Å². The molecule has 17 heavy (non-hydrogen) atoms. The normalized spacial score (nSPS) is 14.9. The van der Waals surface area contributed by atoms with Crippen molar-refractivity contribution in [1.82, 2.24) is 19.9 Å². The molecule has 1 saturated carbocycles. The smallest absolute Gasteiger partial charge is 0.171 e. The van der Waals surface area contributed by atoms with Crippen molar-refractivity contribution in [2.75, 3.05) is 12.4 Å². The van der Waals surface area contributed by atoms with E-state index in [-0.39, 0.29) is 0 Å². The lowest BCUT2D eigenvalue weighted by atomic mass is 10.4. The van der Waals surface area contributed by atoms with E-state index in [1.165, 1.54) is 24.6 Å². The molecule has 1 aliphatic rings. The third-order valence-corrected chi connectivity index (χ3v) is 3.43. The molecule has 1 fully saturated rings. The van der Waals surface area contributed by atoms with Crippen molar-refractivity contribution in [3.63, 3.8) is 0 Å². The lowest BCUT2D eigenvalue weighted by Gasteiger charge is -2.05. The highest BCUT2D eigenvalue weighted by Crippen LogP contribution is 2.39. The van der Waals surface area contributed by atoms with Crippen molar-refractivity contribution < 1.29 is 0 Å². The Kier molecular flexibility index (Phi) is 2.72. The summed E-state index contributed by atoms with van der Waals surface area (Å²) in [4.78, 5) is 16.3. The predicted molar refractivity (Wildman–Crippen MR) is 66.3 cm³/mol. The minimum atomic E-state index is 0.555. The fourth-order valence-electron chi connectivity index (χ4n) is 1.55. The number of aromatic nitrogens is 4. The van der Waals surface area contributed by atoms with Crippen molar-refractivity contribution in [2.45, 2.75) is 28.9 Å². The second-order valence-corrected chi connectivity index (χ2v) is 4.98. The van der Waals surface area contributed by atoms with Crippen LogP contribution in [0.4, 0.5) is 5.82 Å². The number of aromatic amines is 1. The molecule has 0 spiro atoms. The first-order chi connectivity index (χ1) is 8.35. The summed E-state index contributed by atoms with van der Waals surface area (Å²) < 4.78 is 0. The summed E-state index contributed by atoms with van der Waals surface area (Å²) >= 11 is 1.53. The van der Waals surface area contributed by atoms with Crippen molar-refractivity contribution in [2.24, 2.45) is 0 Å². The van der Waals surface area contributed by atoms with E-state index < -0.39 is 0 Å². The van der Waals surface area contributed by atoms with Crippen LogP contribution in [0.1, 0.15) is 24.6 Å². The van der Waals surface area contributed by atoms with E-state index in [9.17, 15) is 0 Å². The van der Waals surface area contributed by atoms with Crippen LogP contribution >= 0.6 is 11.8 Å². The average Bonchev–Trinajstić information content (AvgIpc) is 3.09. The van der Waals surface area contributed by atoms with E-state index in [1.807, 2.05) is 19.3 Å². The Morgan fingerprint density at radius 1 is 1.41 bits per heavy atom. The van der Waals surface area contributed by atoms with Gasteiger partial charge in [-0.15, -0.1) is 0 Å². The SMILES string of the molecule is CNc1cc(Sc2ncc[nH]2)nc(C2CC2)n1. The van der Waals surface area contributed by atoms with Gasteiger partial charge in [-0.05, 0) is 24.6 Å². The fraction of sp³-hybridized carbons (Fsp3) is 0.364. The summed E-state index contributed by atoms with van der Waals surface area (Å²) in [7, 11) is 1.88. The number of hydrogen-bond acceptors (Lipinski definition) is 5. The van der Waals surface area contributed by atoms with Gasteiger partial charge in [-0.3, -0.25) is 0 Å². The molecular weight excluding hydrogens is 234 g/mol. The van der Waals surface area contributed by atoms with Crippen LogP contribution in [-0.4, -0.2) is 27.0 Å². The Balaban J connectivity index is 1.89. The van der Waals surface area contributed by atoms with Crippen molar-refractivity contribution in [1.29, 1.82) is 0 Å². The number of nitrogens with zero attached hydrogens (tertiary/aromatic N) is 3. The highest BCUT2D eigenvalue weighted by molar-refractivity contribution is 7.99. The summed E-state index contributed by atoms with van der Waals surface area (Å²) in [6.07, 6.45) is 5.96. The van der Waals surface area contributed by atoms with Crippen LogP contribution in [0.2, 0.25) is 0 Å². The molecule has 0 aliphatic heterocycles. The average molecular weight is 247 g/mol. The summed E-state index contributed by atoms with van der Waals surface area (Å²) in [5.74, 6) is 2.38. The Labute approximate surface area is 103 Å². The van der Waals surface area contributed by atoms with E-state index in [1.54, 1.807) is 6.20 Å². The van der Waals surface area contributed by atoms with Crippen LogP contribution in [-0.2, 0) is 0 Å². The summed E-state index contributed by atoms with van der Waals surface area (Å²) in [6.45, 7) is 0. The quantitative estimate of drug-likeness (QED) is 0.811. The first kappa shape index (κ1) is 10.6. The topological polar surface area (TPSA) is 66.5 Å². The van der Waals surface area contributed by atoms with Gasteiger partial charge in [-0.25, -0.2) is 15.0 Å². The second kappa shape index (κ2) is 4.37. The molecule has 0 aromatic carbocycles. The van der Waals surface area contributed by atoms with Gasteiger partial charge in [0.2, 0.25) is 0 Å². The van der Waals surface area contributed by atoms with Gasteiger partial charge in [0.25, 0.3) is 0 Å². The van der Waals surface area contributed by atoms with Gasteiger partial charge in [-0.1, -0.05) is 0 Å². The van der Waals surface area contributed by atoms with Crippen molar-refractivity contribution >= 4 is 17.6 Å². The standard InChI is InChI=1S/C11H13N5S/c1-12-8-6-9(17-11-13-4-5-14-11)16-10(15-8)7-2-3-7/h4-7H,2-3H2,1H3,(H,13,14)(H,12,15,16). The van der Waals surface area contributed by atoms with E-state index >= 15 is 0 Å². The number of nitrogens with one attached hydrogen (secondary N) is 2. The van der Waals surface area contributed by atoms with Gasteiger partial charge in [0.15, 0.2) is 5.16 Å². The first-order valence-corrected chi connectivity index (χ1v) is 6.41. The van der Waals surface area contributed by atoms with Gasteiger partial charge < -0.3 is 10.3 Å². The molecule has 2 aromatic rings. The van der Waals surface area contributed by atoms with Crippen LogP contribution in [0.3, 0.4) is 0 Å². The molecule has 2 heterocycles. The van der Waals surface area contributed by atoms with E-state index in [4.69, 9.17) is 0 Å². The van der Waals surface area contributed by atoms with Gasteiger partial charge in [-0.2, -0.15) is 0 Å². The van der Waals surface area contributed by atoms with Crippen LogP contribution in [0, 0.1) is 0 Å². The van der Waals surface area contributed by atoms with Crippen LogP contribution in [0.5, 0.6) is 0 Å². The molecular formula is C11H13N5S. The van der Waals surface area contributed by atoms with Crippen LogP contribution in [0.15, 0.2) is 28.6 Å². The maximum Gasteiger partial charge on any atom is 0.171 e. The number of anilines is 1. The zero-order valence-electron chi connectivity index (χ0n) is 9.47. The minimum absolute atomic E-state index is 0.555. The second-order valence-electron chi connectivity index (χ2n) is 3.97. The largest absolute Gasteiger partial charge is 0.373 e. The van der Waals surface area contributed by atoms with E-state index in [0.717, 1.165) is 21.8 Å². The molecule has 0 radical (unpaired) electrons. The molecule has 0 saturated heterocycles. The Bertz CT molecular complexity index is 507. The van der Waals surface area contributed by atoms with E-state index in [0.29, 0.717) is 5.92 Å². The number of H-pyrrole nitrogens is 1. The number of imidazole rings is 1. The highest BCUT2D eigenvalue weighted by Gasteiger charge is 2.27. The van der Waals surface area contributed by atoms with Crippen LogP contribution < -0.4 is 5.32 Å². The molecule has 2 N–H and O–H groups in total. The van der Waals surface area contributed by atoms with Gasteiger partial charge in [0, 0.05) is 31.4 Å². The molecule has 6 heteroatoms. The number of hydrogen-bond donors (Lipinski definition) is 2. The lowest BCUT2D eigenvalue weighted by Crippen LogP contribution is -2.00. The molecule has 0 atom stereocenters. The fourth-order valence-corrected chi connectivity index (χ4v) is 2.30. The predicted octanol–water partition coefficient (Wildman–Crippen LogP) is 2.27. The summed E-state index contributed by atoms with van der Waals surface area (Å²) in [5, 5.41) is 4.86. The molecule has 0 amide bonds. The lowest BCUT2D eigenvalue weighted by molar-refractivity contribution is 0.878. The third kappa shape index (κ3) is 2.41. The minimum Gasteiger partial charge on any atom is -0.373 e. The highest BCUT2D eigenvalue weighted by atomic mass is 32.2. The Hall–Kier alpha value is -1.56. The molecule has 88 valence electrons. The Morgan fingerprint density at radius 3 is 2.94 bits per heavy atom. The van der Waals surface area contributed by atoms with Gasteiger partial charge in [0.05, 0.1) is 0 Å². The molecule has 0 unspecified atom stereocenters. The van der Waals surface area contributed by atoms with Crippen molar-refractivity contribution in [3.05, 3.63) is 24.3 Å². The number of rotatable bonds is 4. The summed E-state index contributed by atoms with van der Waals surface area (Å²) in [5.41, 5.74) is 0. The van der Waals surface area contributed by atoms with Gasteiger partial charge >= 0.3 is 0 Å². The zero-order valence-corrected chi connectivity index (χ0v) is 10.3. The summed E-state index contributed by atoms with van der Waals surface area (Å²) in [6, 6.07) is 1.94. The maximum atomic E-state index is 4.57. The molecule has 1 aliphatic carbocycles. The Morgan fingerprint density at radius 2 is 2.29 bits per heavy atom. The third-order valence-electron chi connectivity index (χ3n) is 2.59. The zero-order chi connectivity index (χ0) is 11.7. The molecule has 0 bridgehead atoms. The molecule has 2 aromatic heterocycles. The van der Waals surface area contributed by atoms with Crippen LogP contribution in [0.25, 0.3) is 0 Å².